The first-order valence-corrected chi connectivity index (χ1v) is 7.70. The van der Waals surface area contributed by atoms with Crippen molar-refractivity contribution < 1.29 is 0 Å². The van der Waals surface area contributed by atoms with E-state index in [0.29, 0.717) is 0 Å². The van der Waals surface area contributed by atoms with E-state index in [4.69, 9.17) is 0 Å². The molecule has 0 radical (unpaired) electrons. The fourth-order valence-electron chi connectivity index (χ4n) is 3.61. The molecular formula is C17H26N2. The minimum Gasteiger partial charge on any atom is -0.314 e. The maximum absolute atomic E-state index is 3.77. The smallest absolute Gasteiger partial charge is 0.00788 e. The minimum atomic E-state index is 0.760. The third-order valence-electron chi connectivity index (χ3n) is 4.95. The predicted octanol–water partition coefficient (Wildman–Crippen LogP) is 2.78. The molecule has 1 N–H and O–H groups in total. The lowest BCUT2D eigenvalue weighted by molar-refractivity contribution is 0.274. The Kier molecular flexibility index (Phi) is 3.90. The van der Waals surface area contributed by atoms with Gasteiger partial charge in [-0.15, -0.1) is 0 Å². The summed E-state index contributed by atoms with van der Waals surface area (Å²) < 4.78 is 0. The van der Waals surface area contributed by atoms with E-state index < -0.39 is 0 Å². The van der Waals surface area contributed by atoms with Gasteiger partial charge in [-0.25, -0.2) is 0 Å². The monoisotopic (exact) mass is 258 g/mol. The Morgan fingerprint density at radius 3 is 2.74 bits per heavy atom. The van der Waals surface area contributed by atoms with Crippen molar-refractivity contribution in [2.24, 2.45) is 5.92 Å². The molecule has 1 unspecified atom stereocenters. The van der Waals surface area contributed by atoms with Crippen LogP contribution in [0, 0.1) is 12.8 Å². The molecule has 2 aliphatic rings. The summed E-state index contributed by atoms with van der Waals surface area (Å²) in [5.74, 6) is 1.67. The predicted molar refractivity (Wildman–Crippen MR) is 80.5 cm³/mol. The normalized spacial score (nSPS) is 31.4. The van der Waals surface area contributed by atoms with Crippen LogP contribution in [0.15, 0.2) is 24.3 Å². The number of likely N-dealkylation sites (tertiary alicyclic amines) is 1. The first-order chi connectivity index (χ1) is 9.22. The molecular weight excluding hydrogens is 232 g/mol. The Balaban J connectivity index is 1.42. The summed E-state index contributed by atoms with van der Waals surface area (Å²) in [5.41, 5.74) is 3.03. The highest BCUT2D eigenvalue weighted by Crippen LogP contribution is 2.38. The molecule has 1 aliphatic carbocycles. The number of hydrogen-bond donors (Lipinski definition) is 1. The minimum absolute atomic E-state index is 0.760. The number of rotatable bonds is 4. The summed E-state index contributed by atoms with van der Waals surface area (Å²) in [4.78, 5) is 2.45. The van der Waals surface area contributed by atoms with Crippen LogP contribution in [-0.4, -0.2) is 37.6 Å². The second-order valence-electron chi connectivity index (χ2n) is 6.55. The van der Waals surface area contributed by atoms with Gasteiger partial charge in [0.2, 0.25) is 0 Å². The number of nitrogens with one attached hydrogen (secondary N) is 1. The molecule has 1 aliphatic heterocycles. The van der Waals surface area contributed by atoms with Crippen LogP contribution in [0.2, 0.25) is 0 Å². The topological polar surface area (TPSA) is 15.3 Å². The van der Waals surface area contributed by atoms with Crippen molar-refractivity contribution in [2.45, 2.75) is 38.1 Å². The molecule has 19 heavy (non-hydrogen) atoms. The van der Waals surface area contributed by atoms with Gasteiger partial charge in [0.1, 0.15) is 0 Å². The van der Waals surface area contributed by atoms with Crippen molar-refractivity contribution in [3.8, 4) is 0 Å². The number of benzene rings is 1. The molecule has 0 bridgehead atoms. The molecule has 1 saturated heterocycles. The molecule has 3 rings (SSSR count). The van der Waals surface area contributed by atoms with Gasteiger partial charge >= 0.3 is 0 Å². The van der Waals surface area contributed by atoms with E-state index in [1.54, 1.807) is 5.56 Å². The van der Waals surface area contributed by atoms with Gasteiger partial charge in [-0.1, -0.05) is 24.3 Å². The first kappa shape index (κ1) is 13.1. The van der Waals surface area contributed by atoms with Crippen LogP contribution in [0.25, 0.3) is 0 Å². The van der Waals surface area contributed by atoms with E-state index in [1.165, 1.54) is 44.5 Å². The van der Waals surface area contributed by atoms with Crippen molar-refractivity contribution in [1.29, 1.82) is 0 Å². The summed E-state index contributed by atoms with van der Waals surface area (Å²) in [5, 5.41) is 3.77. The highest BCUT2D eigenvalue weighted by Gasteiger charge is 2.31. The summed E-state index contributed by atoms with van der Waals surface area (Å²) >= 11 is 0. The SMILES string of the molecule is Cc1ccccc1C1CC(NCC2CCN(C)C2)C1. The lowest BCUT2D eigenvalue weighted by Gasteiger charge is -2.37. The summed E-state index contributed by atoms with van der Waals surface area (Å²) in [6, 6.07) is 9.63. The van der Waals surface area contributed by atoms with E-state index in [-0.39, 0.29) is 0 Å². The zero-order chi connectivity index (χ0) is 13.2. The lowest BCUT2D eigenvalue weighted by atomic mass is 9.74. The van der Waals surface area contributed by atoms with E-state index in [1.807, 2.05) is 0 Å². The van der Waals surface area contributed by atoms with Crippen LogP contribution in [-0.2, 0) is 0 Å². The number of hydrogen-bond acceptors (Lipinski definition) is 2. The average Bonchev–Trinajstić information content (AvgIpc) is 2.75. The second kappa shape index (κ2) is 5.64. The van der Waals surface area contributed by atoms with Crippen LogP contribution in [0.1, 0.15) is 36.3 Å². The molecule has 2 fully saturated rings. The Morgan fingerprint density at radius 2 is 2.05 bits per heavy atom. The van der Waals surface area contributed by atoms with Gasteiger partial charge in [-0.2, -0.15) is 0 Å². The van der Waals surface area contributed by atoms with Gasteiger partial charge in [0.15, 0.2) is 0 Å². The molecule has 2 nitrogen and oxygen atoms in total. The molecule has 2 heteroatoms. The maximum atomic E-state index is 3.77. The Labute approximate surface area is 117 Å². The van der Waals surface area contributed by atoms with E-state index in [2.05, 4.69) is 48.5 Å². The van der Waals surface area contributed by atoms with E-state index in [9.17, 15) is 0 Å². The van der Waals surface area contributed by atoms with Crippen molar-refractivity contribution in [3.63, 3.8) is 0 Å². The maximum Gasteiger partial charge on any atom is 0.00788 e. The zero-order valence-corrected chi connectivity index (χ0v) is 12.2. The van der Waals surface area contributed by atoms with E-state index >= 15 is 0 Å². The standard InChI is InChI=1S/C17H26N2/c1-13-5-3-4-6-17(13)15-9-16(10-15)18-11-14-7-8-19(2)12-14/h3-6,14-16,18H,7-12H2,1-2H3. The third kappa shape index (κ3) is 3.01. The second-order valence-corrected chi connectivity index (χ2v) is 6.55. The summed E-state index contributed by atoms with van der Waals surface area (Å²) in [6.07, 6.45) is 4.03. The van der Waals surface area contributed by atoms with Crippen LogP contribution >= 0.6 is 0 Å². The van der Waals surface area contributed by atoms with Gasteiger partial charge in [-0.05, 0) is 69.3 Å². The quantitative estimate of drug-likeness (QED) is 0.893. The highest BCUT2D eigenvalue weighted by atomic mass is 15.1. The molecule has 1 saturated carbocycles. The molecule has 0 spiro atoms. The largest absolute Gasteiger partial charge is 0.314 e. The van der Waals surface area contributed by atoms with Gasteiger partial charge in [0, 0.05) is 12.6 Å². The van der Waals surface area contributed by atoms with Gasteiger partial charge in [-0.3, -0.25) is 0 Å². The average molecular weight is 258 g/mol. The van der Waals surface area contributed by atoms with Crippen molar-refractivity contribution >= 4 is 0 Å². The Bertz CT molecular complexity index is 423. The molecule has 0 aromatic heterocycles. The van der Waals surface area contributed by atoms with Crippen LogP contribution < -0.4 is 5.32 Å². The number of aryl methyl sites for hydroxylation is 1. The van der Waals surface area contributed by atoms with Crippen LogP contribution in [0.4, 0.5) is 0 Å². The Morgan fingerprint density at radius 1 is 1.26 bits per heavy atom. The van der Waals surface area contributed by atoms with Gasteiger partial charge in [0.25, 0.3) is 0 Å². The highest BCUT2D eigenvalue weighted by molar-refractivity contribution is 5.31. The molecule has 104 valence electrons. The molecule has 1 aromatic rings. The molecule has 1 atom stereocenters. The van der Waals surface area contributed by atoms with Crippen LogP contribution in [0.5, 0.6) is 0 Å². The fraction of sp³-hybridized carbons (Fsp3) is 0.647. The van der Waals surface area contributed by atoms with Crippen LogP contribution in [0.3, 0.4) is 0 Å². The fourth-order valence-corrected chi connectivity index (χ4v) is 3.61. The van der Waals surface area contributed by atoms with Crippen molar-refractivity contribution in [3.05, 3.63) is 35.4 Å². The molecule has 1 aromatic carbocycles. The first-order valence-electron chi connectivity index (χ1n) is 7.70. The van der Waals surface area contributed by atoms with E-state index in [0.717, 1.165) is 17.9 Å². The zero-order valence-electron chi connectivity index (χ0n) is 12.2. The Hall–Kier alpha value is -0.860. The lowest BCUT2D eigenvalue weighted by Crippen LogP contribution is -2.42. The molecule has 1 heterocycles. The summed E-state index contributed by atoms with van der Waals surface area (Å²) in [6.45, 7) is 6.02. The summed E-state index contributed by atoms with van der Waals surface area (Å²) in [7, 11) is 2.23. The third-order valence-corrected chi connectivity index (χ3v) is 4.95. The van der Waals surface area contributed by atoms with Crippen molar-refractivity contribution in [1.82, 2.24) is 10.2 Å². The number of nitrogens with zero attached hydrogens (tertiary/aromatic N) is 1. The van der Waals surface area contributed by atoms with Gasteiger partial charge < -0.3 is 10.2 Å². The van der Waals surface area contributed by atoms with Gasteiger partial charge in [0.05, 0.1) is 0 Å². The molecule has 0 amide bonds. The van der Waals surface area contributed by atoms with Crippen molar-refractivity contribution in [2.75, 3.05) is 26.7 Å².